The van der Waals surface area contributed by atoms with Crippen molar-refractivity contribution in [2.75, 3.05) is 26.2 Å². The fraction of sp³-hybridized carbons (Fsp3) is 0.524. The smallest absolute Gasteiger partial charge is 0.220 e. The molecule has 1 N–H and O–H groups in total. The molecule has 1 saturated heterocycles. The second kappa shape index (κ2) is 10.2. The number of aryl methyl sites for hydroxylation is 1. The number of aromatic nitrogens is 1. The number of likely N-dealkylation sites (tertiary alicyclic amines) is 1. The number of carbonyl (C=O) groups excluding carboxylic acids is 1. The zero-order valence-electron chi connectivity index (χ0n) is 15.8. The summed E-state index contributed by atoms with van der Waals surface area (Å²) in [4.78, 5) is 18.7. The molecule has 0 atom stereocenters. The van der Waals surface area contributed by atoms with E-state index in [4.69, 9.17) is 4.42 Å². The van der Waals surface area contributed by atoms with E-state index in [2.05, 4.69) is 15.2 Å². The molecule has 0 aliphatic carbocycles. The van der Waals surface area contributed by atoms with Gasteiger partial charge in [0.05, 0.1) is 6.20 Å². The lowest BCUT2D eigenvalue weighted by molar-refractivity contribution is -0.121. The second-order valence-electron chi connectivity index (χ2n) is 7.08. The van der Waals surface area contributed by atoms with Gasteiger partial charge in [0, 0.05) is 24.9 Å². The van der Waals surface area contributed by atoms with Crippen molar-refractivity contribution < 1.29 is 13.6 Å². The molecular weight excluding hydrogens is 345 g/mol. The van der Waals surface area contributed by atoms with Gasteiger partial charge in [0.25, 0.3) is 0 Å². The maximum atomic E-state index is 13.0. The Morgan fingerprint density at radius 1 is 1.15 bits per heavy atom. The SMILES string of the molecule is O=C(CCc1ncc(-c2ccc(F)cc2)o1)NCCCN1CCCCCC1. The number of rotatable bonds is 8. The van der Waals surface area contributed by atoms with Crippen LogP contribution in [0.5, 0.6) is 0 Å². The fourth-order valence-electron chi connectivity index (χ4n) is 3.37. The minimum Gasteiger partial charge on any atom is -0.441 e. The van der Waals surface area contributed by atoms with Gasteiger partial charge in [0.15, 0.2) is 11.7 Å². The molecule has 1 aliphatic rings. The molecule has 27 heavy (non-hydrogen) atoms. The zero-order chi connectivity index (χ0) is 18.9. The van der Waals surface area contributed by atoms with Gasteiger partial charge in [-0.15, -0.1) is 0 Å². The van der Waals surface area contributed by atoms with Crippen LogP contribution in [0.3, 0.4) is 0 Å². The summed E-state index contributed by atoms with van der Waals surface area (Å²) in [6, 6.07) is 6.07. The molecule has 1 amide bonds. The Bertz CT molecular complexity index is 706. The summed E-state index contributed by atoms with van der Waals surface area (Å²) in [5.41, 5.74) is 0.771. The molecule has 1 aromatic carbocycles. The van der Waals surface area contributed by atoms with Crippen molar-refractivity contribution >= 4 is 5.91 Å². The number of hydrogen-bond donors (Lipinski definition) is 1. The Morgan fingerprint density at radius 2 is 1.89 bits per heavy atom. The number of hydrogen-bond acceptors (Lipinski definition) is 4. The van der Waals surface area contributed by atoms with E-state index >= 15 is 0 Å². The highest BCUT2D eigenvalue weighted by Crippen LogP contribution is 2.21. The Balaban J connectivity index is 1.34. The van der Waals surface area contributed by atoms with Crippen LogP contribution >= 0.6 is 0 Å². The predicted molar refractivity (Wildman–Crippen MR) is 103 cm³/mol. The Kier molecular flexibility index (Phi) is 7.39. The molecule has 5 nitrogen and oxygen atoms in total. The number of amides is 1. The first kappa shape index (κ1) is 19.5. The number of nitrogens with zero attached hydrogens (tertiary/aromatic N) is 2. The summed E-state index contributed by atoms with van der Waals surface area (Å²) in [5, 5.41) is 2.98. The third kappa shape index (κ3) is 6.47. The van der Waals surface area contributed by atoms with Crippen molar-refractivity contribution in [1.82, 2.24) is 15.2 Å². The van der Waals surface area contributed by atoms with Crippen molar-refractivity contribution in [2.24, 2.45) is 0 Å². The molecule has 1 aromatic heterocycles. The van der Waals surface area contributed by atoms with Crippen molar-refractivity contribution in [3.05, 3.63) is 42.2 Å². The summed E-state index contributed by atoms with van der Waals surface area (Å²) in [7, 11) is 0. The Morgan fingerprint density at radius 3 is 2.63 bits per heavy atom. The van der Waals surface area contributed by atoms with Gasteiger partial charge in [-0.05, 0) is 63.2 Å². The molecule has 0 radical (unpaired) electrons. The number of nitrogens with one attached hydrogen (secondary N) is 1. The van der Waals surface area contributed by atoms with E-state index in [0.29, 0.717) is 31.0 Å². The van der Waals surface area contributed by atoms with E-state index < -0.39 is 0 Å². The van der Waals surface area contributed by atoms with Crippen LogP contribution in [0.15, 0.2) is 34.9 Å². The van der Waals surface area contributed by atoms with Crippen molar-refractivity contribution in [3.8, 4) is 11.3 Å². The highest BCUT2D eigenvalue weighted by molar-refractivity contribution is 5.76. The summed E-state index contributed by atoms with van der Waals surface area (Å²) >= 11 is 0. The molecule has 2 heterocycles. The number of halogens is 1. The molecule has 0 bridgehead atoms. The highest BCUT2D eigenvalue weighted by atomic mass is 19.1. The molecular formula is C21H28FN3O2. The lowest BCUT2D eigenvalue weighted by atomic mass is 10.2. The van der Waals surface area contributed by atoms with Crippen LogP contribution in [-0.4, -0.2) is 42.0 Å². The highest BCUT2D eigenvalue weighted by Gasteiger charge is 2.10. The van der Waals surface area contributed by atoms with Crippen LogP contribution in [0.25, 0.3) is 11.3 Å². The standard InChI is InChI=1S/C21H28FN3O2/c22-18-8-6-17(7-9-18)19-16-24-21(27-19)11-10-20(26)23-12-5-15-25-13-3-1-2-4-14-25/h6-9,16H,1-5,10-15H2,(H,23,26). The number of oxazole rings is 1. The summed E-state index contributed by atoms with van der Waals surface area (Å²) in [5.74, 6) is 0.843. The summed E-state index contributed by atoms with van der Waals surface area (Å²) in [6.07, 6.45) is 8.69. The Hall–Kier alpha value is -2.21. The number of carbonyl (C=O) groups is 1. The summed E-state index contributed by atoms with van der Waals surface area (Å²) < 4.78 is 18.6. The van der Waals surface area contributed by atoms with Crippen LogP contribution in [0.4, 0.5) is 4.39 Å². The van der Waals surface area contributed by atoms with Gasteiger partial charge < -0.3 is 14.6 Å². The minimum absolute atomic E-state index is 0.0207. The molecule has 3 rings (SSSR count). The van der Waals surface area contributed by atoms with E-state index in [9.17, 15) is 9.18 Å². The second-order valence-corrected chi connectivity index (χ2v) is 7.08. The molecule has 6 heteroatoms. The molecule has 0 spiro atoms. The molecule has 1 fully saturated rings. The van der Waals surface area contributed by atoms with Gasteiger partial charge >= 0.3 is 0 Å². The zero-order valence-corrected chi connectivity index (χ0v) is 15.8. The van der Waals surface area contributed by atoms with Gasteiger partial charge in [-0.1, -0.05) is 12.8 Å². The van der Waals surface area contributed by atoms with E-state index in [0.717, 1.165) is 18.5 Å². The van der Waals surface area contributed by atoms with Gasteiger partial charge in [0.1, 0.15) is 5.82 Å². The fourth-order valence-corrected chi connectivity index (χ4v) is 3.37. The molecule has 0 unspecified atom stereocenters. The molecule has 2 aromatic rings. The maximum Gasteiger partial charge on any atom is 0.220 e. The van der Waals surface area contributed by atoms with Crippen LogP contribution in [-0.2, 0) is 11.2 Å². The van der Waals surface area contributed by atoms with Crippen molar-refractivity contribution in [3.63, 3.8) is 0 Å². The topological polar surface area (TPSA) is 58.4 Å². The van der Waals surface area contributed by atoms with Gasteiger partial charge in [-0.2, -0.15) is 0 Å². The third-order valence-electron chi connectivity index (χ3n) is 4.92. The largest absolute Gasteiger partial charge is 0.441 e. The van der Waals surface area contributed by atoms with Crippen LogP contribution < -0.4 is 5.32 Å². The minimum atomic E-state index is -0.286. The lowest BCUT2D eigenvalue weighted by Gasteiger charge is -2.19. The summed E-state index contributed by atoms with van der Waals surface area (Å²) in [6.45, 7) is 4.14. The van der Waals surface area contributed by atoms with Gasteiger partial charge in [-0.25, -0.2) is 9.37 Å². The van der Waals surface area contributed by atoms with Crippen LogP contribution in [0.2, 0.25) is 0 Å². The molecule has 1 aliphatic heterocycles. The first-order chi connectivity index (χ1) is 13.2. The van der Waals surface area contributed by atoms with Gasteiger partial charge in [-0.3, -0.25) is 4.79 Å². The quantitative estimate of drug-likeness (QED) is 0.715. The van der Waals surface area contributed by atoms with Crippen LogP contribution in [0.1, 0.15) is 44.4 Å². The third-order valence-corrected chi connectivity index (χ3v) is 4.92. The van der Waals surface area contributed by atoms with E-state index in [1.54, 1.807) is 18.3 Å². The average molecular weight is 373 g/mol. The van der Waals surface area contributed by atoms with E-state index in [1.807, 2.05) is 0 Å². The van der Waals surface area contributed by atoms with Crippen LogP contribution in [0, 0.1) is 5.82 Å². The molecule has 146 valence electrons. The maximum absolute atomic E-state index is 13.0. The molecule has 0 saturated carbocycles. The van der Waals surface area contributed by atoms with Gasteiger partial charge in [0.2, 0.25) is 5.91 Å². The Labute approximate surface area is 160 Å². The van der Waals surface area contributed by atoms with E-state index in [1.165, 1.54) is 50.9 Å². The van der Waals surface area contributed by atoms with Crippen molar-refractivity contribution in [2.45, 2.75) is 44.9 Å². The number of benzene rings is 1. The van der Waals surface area contributed by atoms with E-state index in [-0.39, 0.29) is 11.7 Å². The van der Waals surface area contributed by atoms with Crippen molar-refractivity contribution in [1.29, 1.82) is 0 Å². The normalized spacial score (nSPS) is 15.4. The monoisotopic (exact) mass is 373 g/mol. The first-order valence-electron chi connectivity index (χ1n) is 9.90. The predicted octanol–water partition coefficient (Wildman–Crippen LogP) is 3.80. The lowest BCUT2D eigenvalue weighted by Crippen LogP contribution is -2.30. The first-order valence-corrected chi connectivity index (χ1v) is 9.90. The average Bonchev–Trinajstić information content (AvgIpc) is 3.00.